The molecule has 2 aliphatic rings. The fraction of sp³-hybridized carbons (Fsp3) is 0.429. The number of piperazine rings is 1. The van der Waals surface area contributed by atoms with Crippen molar-refractivity contribution >= 4 is 23.9 Å². The summed E-state index contributed by atoms with van der Waals surface area (Å²) in [6.07, 6.45) is 0.705. The van der Waals surface area contributed by atoms with Gasteiger partial charge in [0.2, 0.25) is 0 Å². The van der Waals surface area contributed by atoms with E-state index in [1.54, 1.807) is 40.1 Å². The quantitative estimate of drug-likeness (QED) is 0.599. The maximum atomic E-state index is 14.1. The smallest absolute Gasteiger partial charge is 0.409 e. The second kappa shape index (κ2) is 11.2. The topological polar surface area (TPSA) is 109 Å². The molecule has 4 rings (SSSR count). The Labute approximate surface area is 222 Å². The molecule has 0 aromatic heterocycles. The Morgan fingerprint density at radius 2 is 1.76 bits per heavy atom. The predicted octanol–water partition coefficient (Wildman–Crippen LogP) is 3.34. The number of carbonyl (C=O) groups is 3. The highest BCUT2D eigenvalue weighted by atomic mass is 19.1. The molecule has 0 bridgehead atoms. The van der Waals surface area contributed by atoms with Gasteiger partial charge in [-0.05, 0) is 54.2 Å². The molecule has 0 radical (unpaired) electrons. The Hall–Kier alpha value is -3.95. The summed E-state index contributed by atoms with van der Waals surface area (Å²) in [5.74, 6) is -0.520. The lowest BCUT2D eigenvalue weighted by Gasteiger charge is -2.34. The Morgan fingerprint density at radius 3 is 2.42 bits per heavy atom. The molecule has 2 heterocycles. The van der Waals surface area contributed by atoms with Crippen LogP contribution in [0.4, 0.5) is 9.18 Å². The van der Waals surface area contributed by atoms with Crippen LogP contribution in [0.15, 0.2) is 53.5 Å². The van der Waals surface area contributed by atoms with Gasteiger partial charge in [0.25, 0.3) is 11.8 Å². The number of nitrogens with two attached hydrogens (primary N) is 1. The molecule has 10 heteroatoms. The molecular weight excluding hydrogens is 489 g/mol. The first-order valence-electron chi connectivity index (χ1n) is 12.8. The fourth-order valence-corrected chi connectivity index (χ4v) is 4.91. The van der Waals surface area contributed by atoms with Crippen LogP contribution in [-0.4, -0.2) is 71.9 Å². The highest BCUT2D eigenvalue weighted by Gasteiger charge is 2.49. The minimum Gasteiger partial charge on any atom is -0.453 e. The zero-order valence-electron chi connectivity index (χ0n) is 22.0. The second-order valence-electron chi connectivity index (χ2n) is 10.1. The first-order chi connectivity index (χ1) is 18.1. The Balaban J connectivity index is 1.52. The van der Waals surface area contributed by atoms with Crippen molar-refractivity contribution < 1.29 is 23.5 Å². The Kier molecular flexibility index (Phi) is 7.99. The van der Waals surface area contributed by atoms with E-state index < -0.39 is 17.4 Å². The van der Waals surface area contributed by atoms with Crippen LogP contribution in [0.5, 0.6) is 0 Å². The lowest BCUT2D eigenvalue weighted by molar-refractivity contribution is -0.132. The van der Waals surface area contributed by atoms with E-state index in [9.17, 15) is 18.8 Å². The second-order valence-corrected chi connectivity index (χ2v) is 10.1. The number of benzene rings is 2. The number of aliphatic imine (C=N–C) groups is 1. The lowest BCUT2D eigenvalue weighted by atomic mass is 9.83. The molecule has 0 spiro atoms. The van der Waals surface area contributed by atoms with E-state index >= 15 is 0 Å². The molecular formula is C28H34FN5O4. The SMILES string of the molecule is COC(=O)N1CCN(C(=O)c2cccc(CN3C(=O)[C@@](CCC(C)C)(c4cccc(F)c4)N=C3N)c2)CC1. The molecule has 0 unspecified atom stereocenters. The summed E-state index contributed by atoms with van der Waals surface area (Å²) in [7, 11) is 1.33. The van der Waals surface area contributed by atoms with Gasteiger partial charge in [0.05, 0.1) is 13.7 Å². The van der Waals surface area contributed by atoms with Crippen LogP contribution < -0.4 is 5.73 Å². The van der Waals surface area contributed by atoms with Gasteiger partial charge in [-0.15, -0.1) is 0 Å². The normalized spacial score (nSPS) is 19.7. The summed E-state index contributed by atoms with van der Waals surface area (Å²) in [5, 5.41) is 0. The molecule has 202 valence electrons. The molecule has 2 aromatic carbocycles. The van der Waals surface area contributed by atoms with Crippen molar-refractivity contribution in [3.8, 4) is 0 Å². The molecule has 1 fully saturated rings. The zero-order chi connectivity index (χ0) is 27.4. The number of carbonyl (C=O) groups excluding carboxylic acids is 3. The minimum absolute atomic E-state index is 0.0682. The molecule has 9 nitrogen and oxygen atoms in total. The van der Waals surface area contributed by atoms with Crippen molar-refractivity contribution in [1.82, 2.24) is 14.7 Å². The molecule has 2 N–H and O–H groups in total. The molecule has 2 aliphatic heterocycles. The summed E-state index contributed by atoms with van der Waals surface area (Å²) < 4.78 is 18.9. The van der Waals surface area contributed by atoms with E-state index in [1.165, 1.54) is 24.1 Å². The Bertz CT molecular complexity index is 1240. The summed E-state index contributed by atoms with van der Waals surface area (Å²) >= 11 is 0. The van der Waals surface area contributed by atoms with Crippen LogP contribution in [0.2, 0.25) is 0 Å². The number of guanidine groups is 1. The monoisotopic (exact) mass is 523 g/mol. The van der Waals surface area contributed by atoms with Crippen LogP contribution in [0.25, 0.3) is 0 Å². The molecule has 0 saturated carbocycles. The molecule has 1 saturated heterocycles. The highest BCUT2D eigenvalue weighted by Crippen LogP contribution is 2.39. The van der Waals surface area contributed by atoms with Gasteiger partial charge >= 0.3 is 6.09 Å². The number of nitrogens with zero attached hydrogens (tertiary/aromatic N) is 4. The first kappa shape index (κ1) is 27.1. The van der Waals surface area contributed by atoms with E-state index in [1.807, 2.05) is 6.07 Å². The molecule has 0 aliphatic carbocycles. The van der Waals surface area contributed by atoms with E-state index in [2.05, 4.69) is 18.8 Å². The number of hydrogen-bond acceptors (Lipinski definition) is 6. The van der Waals surface area contributed by atoms with Crippen molar-refractivity contribution in [1.29, 1.82) is 0 Å². The van der Waals surface area contributed by atoms with Gasteiger partial charge in [-0.3, -0.25) is 14.5 Å². The van der Waals surface area contributed by atoms with E-state index in [-0.39, 0.29) is 24.3 Å². The summed E-state index contributed by atoms with van der Waals surface area (Å²) in [6, 6.07) is 13.0. The number of methoxy groups -OCH3 is 1. The molecule has 38 heavy (non-hydrogen) atoms. The summed E-state index contributed by atoms with van der Waals surface area (Å²) in [5.41, 5.74) is 6.67. The van der Waals surface area contributed by atoms with E-state index in [0.29, 0.717) is 56.1 Å². The van der Waals surface area contributed by atoms with Gasteiger partial charge in [0.1, 0.15) is 5.82 Å². The van der Waals surface area contributed by atoms with Gasteiger partial charge < -0.3 is 20.3 Å². The van der Waals surface area contributed by atoms with Crippen molar-refractivity contribution in [2.24, 2.45) is 16.6 Å². The molecule has 3 amide bonds. The van der Waals surface area contributed by atoms with Gasteiger partial charge in [-0.2, -0.15) is 0 Å². The van der Waals surface area contributed by atoms with Gasteiger partial charge in [-0.1, -0.05) is 38.1 Å². The molecule has 2 aromatic rings. The summed E-state index contributed by atoms with van der Waals surface area (Å²) in [6.45, 7) is 5.83. The van der Waals surface area contributed by atoms with E-state index in [4.69, 9.17) is 10.5 Å². The number of halogens is 1. The molecule has 1 atom stereocenters. The lowest BCUT2D eigenvalue weighted by Crippen LogP contribution is -2.50. The van der Waals surface area contributed by atoms with Crippen molar-refractivity contribution in [3.05, 3.63) is 71.0 Å². The fourth-order valence-electron chi connectivity index (χ4n) is 4.91. The van der Waals surface area contributed by atoms with Crippen LogP contribution in [0, 0.1) is 11.7 Å². The average Bonchev–Trinajstić information content (AvgIpc) is 3.16. The van der Waals surface area contributed by atoms with Crippen LogP contribution in [0.1, 0.15) is 48.2 Å². The van der Waals surface area contributed by atoms with Gasteiger partial charge in [0.15, 0.2) is 11.5 Å². The predicted molar refractivity (Wildman–Crippen MR) is 141 cm³/mol. The number of rotatable bonds is 7. The first-order valence-corrected chi connectivity index (χ1v) is 12.8. The Morgan fingerprint density at radius 1 is 1.08 bits per heavy atom. The van der Waals surface area contributed by atoms with Crippen LogP contribution in [-0.2, 0) is 21.6 Å². The average molecular weight is 524 g/mol. The van der Waals surface area contributed by atoms with Gasteiger partial charge in [0, 0.05) is 31.7 Å². The number of ether oxygens (including phenoxy) is 1. The third-order valence-electron chi connectivity index (χ3n) is 7.08. The number of hydrogen-bond donors (Lipinski definition) is 1. The minimum atomic E-state index is -1.29. The third-order valence-corrected chi connectivity index (χ3v) is 7.08. The standard InChI is InChI=1S/C28H34FN5O4/c1-19(2)10-11-28(22-8-5-9-23(29)17-22)25(36)34(26(30)31-28)18-20-6-4-7-21(16-20)24(35)32-12-14-33(15-13-32)27(37)38-3/h4-9,16-17,19H,10-15,18H2,1-3H3,(H2,30,31)/t28-/m1/s1. The van der Waals surface area contributed by atoms with Crippen molar-refractivity contribution in [2.45, 2.75) is 38.8 Å². The maximum Gasteiger partial charge on any atom is 0.409 e. The van der Waals surface area contributed by atoms with E-state index in [0.717, 1.165) is 5.56 Å². The van der Waals surface area contributed by atoms with Crippen LogP contribution in [0.3, 0.4) is 0 Å². The largest absolute Gasteiger partial charge is 0.453 e. The maximum absolute atomic E-state index is 14.1. The zero-order valence-corrected chi connectivity index (χ0v) is 22.0. The van der Waals surface area contributed by atoms with Gasteiger partial charge in [-0.25, -0.2) is 14.2 Å². The third kappa shape index (κ3) is 5.49. The van der Waals surface area contributed by atoms with Crippen molar-refractivity contribution in [2.75, 3.05) is 33.3 Å². The number of amides is 3. The van der Waals surface area contributed by atoms with Crippen LogP contribution >= 0.6 is 0 Å². The highest BCUT2D eigenvalue weighted by molar-refractivity contribution is 6.07. The summed E-state index contributed by atoms with van der Waals surface area (Å²) in [4.78, 5) is 48.0. The van der Waals surface area contributed by atoms with Crippen molar-refractivity contribution in [3.63, 3.8) is 0 Å².